The summed E-state index contributed by atoms with van der Waals surface area (Å²) in [7, 11) is 2.22. The lowest BCUT2D eigenvalue weighted by molar-refractivity contribution is 0.150. The van der Waals surface area contributed by atoms with Crippen molar-refractivity contribution >= 4 is 0 Å². The van der Waals surface area contributed by atoms with Crippen LogP contribution in [0.15, 0.2) is 0 Å². The molecule has 0 radical (unpaired) electrons. The van der Waals surface area contributed by atoms with E-state index >= 15 is 0 Å². The molecule has 0 amide bonds. The summed E-state index contributed by atoms with van der Waals surface area (Å²) in [6, 6.07) is 0.626. The van der Waals surface area contributed by atoms with Crippen LogP contribution in [0.4, 0.5) is 0 Å². The Morgan fingerprint density at radius 3 is 2.63 bits per heavy atom. The number of nitrogens with zero attached hydrogens (tertiary/aromatic N) is 1. The van der Waals surface area contributed by atoms with Crippen LogP contribution in [0.3, 0.4) is 0 Å². The van der Waals surface area contributed by atoms with Crippen molar-refractivity contribution in [1.82, 2.24) is 15.5 Å². The molecule has 2 fully saturated rings. The zero-order chi connectivity index (χ0) is 13.7. The molecule has 0 aromatic heterocycles. The van der Waals surface area contributed by atoms with Gasteiger partial charge in [0.15, 0.2) is 0 Å². The molecule has 1 aliphatic heterocycles. The second-order valence-electron chi connectivity index (χ2n) is 7.37. The van der Waals surface area contributed by atoms with Crippen molar-refractivity contribution in [3.8, 4) is 0 Å². The van der Waals surface area contributed by atoms with Crippen molar-refractivity contribution in [1.29, 1.82) is 0 Å². The second-order valence-corrected chi connectivity index (χ2v) is 7.37. The van der Waals surface area contributed by atoms with Gasteiger partial charge in [-0.1, -0.05) is 33.1 Å². The highest BCUT2D eigenvalue weighted by Gasteiger charge is 2.30. The van der Waals surface area contributed by atoms with Crippen molar-refractivity contribution in [2.24, 2.45) is 11.3 Å². The summed E-state index contributed by atoms with van der Waals surface area (Å²) in [4.78, 5) is 2.43. The van der Waals surface area contributed by atoms with Gasteiger partial charge in [0.05, 0.1) is 0 Å². The van der Waals surface area contributed by atoms with E-state index in [1.54, 1.807) is 0 Å². The molecule has 2 rings (SSSR count). The van der Waals surface area contributed by atoms with E-state index in [4.69, 9.17) is 0 Å². The SMILES string of the molecule is CN1CCNC(CNCC(C)(C)C2CCCCC2)C1. The van der Waals surface area contributed by atoms with Crippen LogP contribution in [0.2, 0.25) is 0 Å². The van der Waals surface area contributed by atoms with E-state index in [9.17, 15) is 0 Å². The minimum atomic E-state index is 0.459. The zero-order valence-electron chi connectivity index (χ0n) is 13.2. The first kappa shape index (κ1) is 15.3. The minimum Gasteiger partial charge on any atom is -0.315 e. The highest BCUT2D eigenvalue weighted by Crippen LogP contribution is 2.37. The van der Waals surface area contributed by atoms with E-state index in [0.717, 1.165) is 19.0 Å². The zero-order valence-corrected chi connectivity index (χ0v) is 13.2. The number of rotatable bonds is 5. The van der Waals surface area contributed by atoms with Crippen LogP contribution in [-0.2, 0) is 0 Å². The number of piperazine rings is 1. The number of nitrogens with one attached hydrogen (secondary N) is 2. The standard InChI is InChI=1S/C16H33N3/c1-16(2,14-7-5-4-6-8-14)13-17-11-15-12-19(3)10-9-18-15/h14-15,17-18H,4-13H2,1-3H3. The van der Waals surface area contributed by atoms with Gasteiger partial charge in [-0.2, -0.15) is 0 Å². The van der Waals surface area contributed by atoms with Gasteiger partial charge < -0.3 is 15.5 Å². The molecule has 19 heavy (non-hydrogen) atoms. The number of hydrogen-bond acceptors (Lipinski definition) is 3. The van der Waals surface area contributed by atoms with Crippen molar-refractivity contribution in [2.45, 2.75) is 52.0 Å². The second kappa shape index (κ2) is 7.05. The van der Waals surface area contributed by atoms with Gasteiger partial charge in [-0.25, -0.2) is 0 Å². The van der Waals surface area contributed by atoms with E-state index in [0.29, 0.717) is 11.5 Å². The maximum absolute atomic E-state index is 3.72. The van der Waals surface area contributed by atoms with Crippen LogP contribution in [-0.4, -0.2) is 50.7 Å². The molecule has 3 heteroatoms. The van der Waals surface area contributed by atoms with Crippen molar-refractivity contribution in [3.05, 3.63) is 0 Å². The molecule has 1 saturated heterocycles. The Morgan fingerprint density at radius 2 is 1.95 bits per heavy atom. The van der Waals surface area contributed by atoms with Gasteiger partial charge in [-0.05, 0) is 31.2 Å². The maximum Gasteiger partial charge on any atom is 0.0320 e. The van der Waals surface area contributed by atoms with Gasteiger partial charge in [0.1, 0.15) is 0 Å². The lowest BCUT2D eigenvalue weighted by atomic mass is 9.71. The first-order chi connectivity index (χ1) is 9.08. The third kappa shape index (κ3) is 4.73. The summed E-state index contributed by atoms with van der Waals surface area (Å²) in [5.41, 5.74) is 0.459. The highest BCUT2D eigenvalue weighted by molar-refractivity contribution is 4.85. The number of hydrogen-bond donors (Lipinski definition) is 2. The van der Waals surface area contributed by atoms with E-state index in [1.807, 2.05) is 0 Å². The fourth-order valence-electron chi connectivity index (χ4n) is 3.73. The van der Waals surface area contributed by atoms with Gasteiger partial charge in [0.2, 0.25) is 0 Å². The number of likely N-dealkylation sites (N-methyl/N-ethyl adjacent to an activating group) is 1. The molecule has 1 atom stereocenters. The summed E-state index contributed by atoms with van der Waals surface area (Å²) in [6.45, 7) is 10.7. The Morgan fingerprint density at radius 1 is 1.21 bits per heavy atom. The largest absolute Gasteiger partial charge is 0.315 e. The molecule has 0 spiro atoms. The van der Waals surface area contributed by atoms with Crippen LogP contribution >= 0.6 is 0 Å². The Hall–Kier alpha value is -0.120. The fourth-order valence-corrected chi connectivity index (χ4v) is 3.73. The topological polar surface area (TPSA) is 27.3 Å². The third-order valence-electron chi connectivity index (χ3n) is 5.14. The van der Waals surface area contributed by atoms with Crippen LogP contribution in [0.5, 0.6) is 0 Å². The van der Waals surface area contributed by atoms with E-state index < -0.39 is 0 Å². The lowest BCUT2D eigenvalue weighted by Crippen LogP contribution is -2.54. The monoisotopic (exact) mass is 267 g/mol. The molecule has 1 unspecified atom stereocenters. The molecule has 0 aromatic rings. The Kier molecular flexibility index (Phi) is 5.67. The predicted octanol–water partition coefficient (Wildman–Crippen LogP) is 2.09. The molecular weight excluding hydrogens is 234 g/mol. The van der Waals surface area contributed by atoms with Crippen LogP contribution in [0.25, 0.3) is 0 Å². The molecule has 1 heterocycles. The minimum absolute atomic E-state index is 0.459. The van der Waals surface area contributed by atoms with Gasteiger partial charge in [-0.15, -0.1) is 0 Å². The molecule has 1 saturated carbocycles. The third-order valence-corrected chi connectivity index (χ3v) is 5.14. The van der Waals surface area contributed by atoms with Crippen LogP contribution < -0.4 is 10.6 Å². The predicted molar refractivity (Wildman–Crippen MR) is 82.5 cm³/mol. The summed E-state index contributed by atoms with van der Waals surface area (Å²) < 4.78 is 0. The van der Waals surface area contributed by atoms with Crippen LogP contribution in [0, 0.1) is 11.3 Å². The van der Waals surface area contributed by atoms with Crippen LogP contribution in [0.1, 0.15) is 46.0 Å². The van der Waals surface area contributed by atoms with E-state index in [1.165, 1.54) is 51.7 Å². The first-order valence-electron chi connectivity index (χ1n) is 8.20. The van der Waals surface area contributed by atoms with Gasteiger partial charge in [-0.3, -0.25) is 0 Å². The normalized spacial score (nSPS) is 27.6. The molecular formula is C16H33N3. The van der Waals surface area contributed by atoms with Crippen molar-refractivity contribution in [3.63, 3.8) is 0 Å². The van der Waals surface area contributed by atoms with E-state index in [2.05, 4.69) is 36.4 Å². The Labute approximate surface area is 119 Å². The first-order valence-corrected chi connectivity index (χ1v) is 8.20. The Bertz CT molecular complexity index is 259. The lowest BCUT2D eigenvalue weighted by Gasteiger charge is -2.38. The fraction of sp³-hybridized carbons (Fsp3) is 1.00. The summed E-state index contributed by atoms with van der Waals surface area (Å²) in [6.07, 6.45) is 7.24. The molecule has 0 aromatic carbocycles. The highest BCUT2D eigenvalue weighted by atomic mass is 15.2. The quantitative estimate of drug-likeness (QED) is 0.799. The average Bonchev–Trinajstić information content (AvgIpc) is 2.40. The molecule has 1 aliphatic carbocycles. The summed E-state index contributed by atoms with van der Waals surface area (Å²) in [5.74, 6) is 0.927. The molecule has 0 bridgehead atoms. The van der Waals surface area contributed by atoms with Crippen molar-refractivity contribution < 1.29 is 0 Å². The smallest absolute Gasteiger partial charge is 0.0320 e. The summed E-state index contributed by atoms with van der Waals surface area (Å²) >= 11 is 0. The van der Waals surface area contributed by atoms with Crippen molar-refractivity contribution in [2.75, 3.05) is 39.8 Å². The maximum atomic E-state index is 3.72. The summed E-state index contributed by atoms with van der Waals surface area (Å²) in [5, 5.41) is 7.34. The average molecular weight is 267 g/mol. The molecule has 2 aliphatic rings. The molecule has 112 valence electrons. The molecule has 3 nitrogen and oxygen atoms in total. The van der Waals surface area contributed by atoms with Gasteiger partial charge in [0.25, 0.3) is 0 Å². The van der Waals surface area contributed by atoms with Gasteiger partial charge >= 0.3 is 0 Å². The molecule has 2 N–H and O–H groups in total. The Balaban J connectivity index is 1.68. The van der Waals surface area contributed by atoms with E-state index in [-0.39, 0.29) is 0 Å². The van der Waals surface area contributed by atoms with Gasteiger partial charge in [0, 0.05) is 38.8 Å².